The molecule has 1 heterocycles. The van der Waals surface area contributed by atoms with Crippen molar-refractivity contribution < 1.29 is 14.6 Å². The summed E-state index contributed by atoms with van der Waals surface area (Å²) in [5.74, 6) is -0.924. The van der Waals surface area contributed by atoms with Crippen LogP contribution in [0.15, 0.2) is 5.16 Å². The van der Waals surface area contributed by atoms with Gasteiger partial charge in [-0.1, -0.05) is 11.8 Å². The number of hydrogen-bond acceptors (Lipinski definition) is 7. The van der Waals surface area contributed by atoms with Crippen LogP contribution in [0.1, 0.15) is 0 Å². The Morgan fingerprint density at radius 1 is 1.56 bits per heavy atom. The molecule has 8 nitrogen and oxygen atoms in total. The lowest BCUT2D eigenvalue weighted by Crippen LogP contribution is -2.27. The largest absolute Gasteiger partial charge is 0.481 e. The van der Waals surface area contributed by atoms with Gasteiger partial charge < -0.3 is 14.7 Å². The van der Waals surface area contributed by atoms with Crippen LogP contribution >= 0.6 is 11.8 Å². The number of aromatic nitrogens is 4. The van der Waals surface area contributed by atoms with Crippen LogP contribution in [0.3, 0.4) is 0 Å². The van der Waals surface area contributed by atoms with E-state index in [1.165, 1.54) is 0 Å². The molecule has 0 aromatic carbocycles. The van der Waals surface area contributed by atoms with Crippen LogP contribution in [0.25, 0.3) is 0 Å². The molecular weight excluding hydrogens is 258 g/mol. The monoisotopic (exact) mass is 275 g/mol. The molecule has 0 radical (unpaired) electrons. The molecule has 1 aromatic rings. The molecule has 0 aliphatic carbocycles. The van der Waals surface area contributed by atoms with E-state index in [-0.39, 0.29) is 5.75 Å². The molecule has 0 aliphatic heterocycles. The quantitative estimate of drug-likeness (QED) is 0.599. The lowest BCUT2D eigenvalue weighted by Gasteiger charge is -2.15. The number of ether oxygens (including phenoxy) is 1. The smallest absolute Gasteiger partial charge is 0.313 e. The molecule has 0 unspecified atom stereocenters. The SMILES string of the molecule is COCCN(C)CCn1nnnc1SCC(=O)O. The van der Waals surface area contributed by atoms with Gasteiger partial charge in [0.25, 0.3) is 0 Å². The lowest BCUT2D eigenvalue weighted by molar-refractivity contribution is -0.133. The van der Waals surface area contributed by atoms with Gasteiger partial charge in [0.1, 0.15) is 0 Å². The summed E-state index contributed by atoms with van der Waals surface area (Å²) in [4.78, 5) is 12.6. The van der Waals surface area contributed by atoms with Crippen molar-refractivity contribution >= 4 is 17.7 Å². The van der Waals surface area contributed by atoms with Crippen LogP contribution in [-0.2, 0) is 16.1 Å². The van der Waals surface area contributed by atoms with Crippen LogP contribution in [0.4, 0.5) is 0 Å². The average Bonchev–Trinajstić information content (AvgIpc) is 2.78. The maximum absolute atomic E-state index is 10.5. The van der Waals surface area contributed by atoms with E-state index < -0.39 is 5.97 Å². The van der Waals surface area contributed by atoms with Gasteiger partial charge in [0.2, 0.25) is 5.16 Å². The number of thioether (sulfide) groups is 1. The summed E-state index contributed by atoms with van der Waals surface area (Å²) in [6.07, 6.45) is 0. The molecule has 0 atom stereocenters. The molecule has 9 heteroatoms. The number of methoxy groups -OCH3 is 1. The molecule has 1 N–H and O–H groups in total. The molecule has 0 amide bonds. The van der Waals surface area contributed by atoms with Gasteiger partial charge in [-0.3, -0.25) is 4.79 Å². The van der Waals surface area contributed by atoms with Crippen molar-refractivity contribution in [1.82, 2.24) is 25.1 Å². The summed E-state index contributed by atoms with van der Waals surface area (Å²) in [6.45, 7) is 2.90. The lowest BCUT2D eigenvalue weighted by atomic mass is 10.5. The Bertz CT molecular complexity index is 373. The Kier molecular flexibility index (Phi) is 6.61. The van der Waals surface area contributed by atoms with Crippen molar-refractivity contribution in [2.45, 2.75) is 11.7 Å². The van der Waals surface area contributed by atoms with E-state index in [1.807, 2.05) is 7.05 Å². The van der Waals surface area contributed by atoms with E-state index in [4.69, 9.17) is 9.84 Å². The van der Waals surface area contributed by atoms with Crippen molar-refractivity contribution in [3.63, 3.8) is 0 Å². The van der Waals surface area contributed by atoms with Crippen LogP contribution < -0.4 is 0 Å². The van der Waals surface area contributed by atoms with Crippen LogP contribution in [-0.4, -0.2) is 75.8 Å². The predicted molar refractivity (Wildman–Crippen MR) is 65.5 cm³/mol. The van der Waals surface area contributed by atoms with Crippen molar-refractivity contribution in [3.05, 3.63) is 0 Å². The third kappa shape index (κ3) is 5.43. The summed E-state index contributed by atoms with van der Waals surface area (Å²) >= 11 is 1.12. The van der Waals surface area contributed by atoms with Crippen molar-refractivity contribution in [2.75, 3.05) is 39.6 Å². The highest BCUT2D eigenvalue weighted by Crippen LogP contribution is 2.12. The maximum Gasteiger partial charge on any atom is 0.313 e. The van der Waals surface area contributed by atoms with E-state index in [0.717, 1.165) is 24.9 Å². The van der Waals surface area contributed by atoms with Crippen LogP contribution in [0.2, 0.25) is 0 Å². The molecule has 18 heavy (non-hydrogen) atoms. The molecule has 1 aromatic heterocycles. The number of rotatable bonds is 9. The second-order valence-corrected chi connectivity index (χ2v) is 4.61. The van der Waals surface area contributed by atoms with E-state index >= 15 is 0 Å². The minimum absolute atomic E-state index is 0.0418. The second kappa shape index (κ2) is 8.01. The first kappa shape index (κ1) is 14.9. The highest BCUT2D eigenvalue weighted by atomic mass is 32.2. The highest BCUT2D eigenvalue weighted by molar-refractivity contribution is 7.99. The highest BCUT2D eigenvalue weighted by Gasteiger charge is 2.09. The van der Waals surface area contributed by atoms with Crippen molar-refractivity contribution in [3.8, 4) is 0 Å². The Balaban J connectivity index is 2.37. The second-order valence-electron chi connectivity index (χ2n) is 3.66. The van der Waals surface area contributed by atoms with Gasteiger partial charge in [-0.15, -0.1) is 5.10 Å². The zero-order valence-corrected chi connectivity index (χ0v) is 11.3. The van der Waals surface area contributed by atoms with Gasteiger partial charge in [0.15, 0.2) is 0 Å². The molecule has 0 bridgehead atoms. The first-order chi connectivity index (χ1) is 8.63. The number of hydrogen-bond donors (Lipinski definition) is 1. The summed E-state index contributed by atoms with van der Waals surface area (Å²) in [6, 6.07) is 0. The topological polar surface area (TPSA) is 93.4 Å². The third-order valence-corrected chi connectivity index (χ3v) is 3.14. The number of carbonyl (C=O) groups is 1. The first-order valence-corrected chi connectivity index (χ1v) is 6.40. The predicted octanol–water partition coefficient (Wildman–Crippen LogP) is -0.572. The van der Waals surface area contributed by atoms with Gasteiger partial charge in [-0.2, -0.15) is 0 Å². The number of nitrogens with zero attached hydrogens (tertiary/aromatic N) is 5. The first-order valence-electron chi connectivity index (χ1n) is 5.41. The fraction of sp³-hybridized carbons (Fsp3) is 0.778. The average molecular weight is 275 g/mol. The molecule has 0 fully saturated rings. The Morgan fingerprint density at radius 3 is 3.00 bits per heavy atom. The number of likely N-dealkylation sites (N-methyl/N-ethyl adjacent to an activating group) is 1. The molecule has 1 rings (SSSR count). The number of carboxylic acids is 1. The Hall–Kier alpha value is -1.19. The van der Waals surface area contributed by atoms with Gasteiger partial charge in [-0.05, 0) is 17.5 Å². The van der Waals surface area contributed by atoms with Gasteiger partial charge in [0, 0.05) is 20.2 Å². The third-order valence-electron chi connectivity index (χ3n) is 2.19. The number of tetrazole rings is 1. The Labute approximate surface area is 109 Å². The van der Waals surface area contributed by atoms with E-state index in [0.29, 0.717) is 18.3 Å². The zero-order valence-electron chi connectivity index (χ0n) is 10.4. The summed E-state index contributed by atoms with van der Waals surface area (Å²) in [5.41, 5.74) is 0. The zero-order chi connectivity index (χ0) is 13.4. The van der Waals surface area contributed by atoms with Crippen molar-refractivity contribution in [2.24, 2.45) is 0 Å². The van der Waals surface area contributed by atoms with Crippen molar-refractivity contribution in [1.29, 1.82) is 0 Å². The fourth-order valence-corrected chi connectivity index (χ4v) is 1.81. The van der Waals surface area contributed by atoms with Crippen LogP contribution in [0, 0.1) is 0 Å². The molecule has 0 spiro atoms. The molecule has 0 saturated heterocycles. The van der Waals surface area contributed by atoms with Gasteiger partial charge in [-0.25, -0.2) is 4.68 Å². The normalized spacial score (nSPS) is 11.1. The van der Waals surface area contributed by atoms with Gasteiger partial charge >= 0.3 is 5.97 Å². The van der Waals surface area contributed by atoms with Gasteiger partial charge in [0.05, 0.1) is 18.9 Å². The number of aliphatic carboxylic acids is 1. The minimum atomic E-state index is -0.883. The standard InChI is InChI=1S/C9H17N5O3S/c1-13(5-6-17-2)3-4-14-9(10-11-12-14)18-7-8(15)16/h3-7H2,1-2H3,(H,15,16). The van der Waals surface area contributed by atoms with E-state index in [9.17, 15) is 4.79 Å². The minimum Gasteiger partial charge on any atom is -0.481 e. The fourth-order valence-electron chi connectivity index (χ4n) is 1.19. The summed E-state index contributed by atoms with van der Waals surface area (Å²) in [5, 5.41) is 20.3. The molecule has 0 saturated carbocycles. The molecule has 102 valence electrons. The summed E-state index contributed by atoms with van der Waals surface area (Å²) in [7, 11) is 3.64. The van der Waals surface area contributed by atoms with E-state index in [2.05, 4.69) is 20.4 Å². The number of carboxylic acid groups (broad SMARTS) is 1. The van der Waals surface area contributed by atoms with Crippen LogP contribution in [0.5, 0.6) is 0 Å². The maximum atomic E-state index is 10.5. The summed E-state index contributed by atoms with van der Waals surface area (Å²) < 4.78 is 6.59. The molecular formula is C9H17N5O3S. The Morgan fingerprint density at radius 2 is 2.33 bits per heavy atom. The van der Waals surface area contributed by atoms with E-state index in [1.54, 1.807) is 11.8 Å². The molecule has 0 aliphatic rings.